The number of hydrogen-bond acceptors (Lipinski definition) is 4. The molecule has 0 radical (unpaired) electrons. The van der Waals surface area contributed by atoms with E-state index in [1.54, 1.807) is 10.7 Å². The fourth-order valence-corrected chi connectivity index (χ4v) is 3.53. The van der Waals surface area contributed by atoms with Crippen molar-refractivity contribution in [1.29, 1.82) is 0 Å². The van der Waals surface area contributed by atoms with Crippen molar-refractivity contribution in [1.82, 2.24) is 29.5 Å². The summed E-state index contributed by atoms with van der Waals surface area (Å²) in [4.78, 5) is 32.8. The van der Waals surface area contributed by atoms with Crippen molar-refractivity contribution in [3.8, 4) is 0 Å². The van der Waals surface area contributed by atoms with Crippen LogP contribution in [0.25, 0.3) is 5.65 Å². The van der Waals surface area contributed by atoms with Crippen LogP contribution in [0, 0.1) is 13.8 Å². The topological polar surface area (TPSA) is 97.1 Å². The zero-order valence-electron chi connectivity index (χ0n) is 14.2. The fraction of sp³-hybridized carbons (Fsp3) is 0.412. The third kappa shape index (κ3) is 2.84. The molecule has 1 aliphatic rings. The molecule has 130 valence electrons. The lowest BCUT2D eigenvalue weighted by molar-refractivity contribution is -0.121. The Morgan fingerprint density at radius 3 is 3.12 bits per heavy atom. The summed E-state index contributed by atoms with van der Waals surface area (Å²) >= 11 is 0. The van der Waals surface area contributed by atoms with Crippen molar-refractivity contribution in [3.05, 3.63) is 51.6 Å². The van der Waals surface area contributed by atoms with E-state index in [0.717, 1.165) is 42.2 Å². The van der Waals surface area contributed by atoms with Crippen molar-refractivity contribution >= 4 is 11.6 Å². The number of carbonyl (C=O) groups is 1. The third-order valence-corrected chi connectivity index (χ3v) is 4.84. The Morgan fingerprint density at radius 2 is 2.28 bits per heavy atom. The Labute approximate surface area is 143 Å². The van der Waals surface area contributed by atoms with Gasteiger partial charge in [0.2, 0.25) is 5.91 Å². The Morgan fingerprint density at radius 1 is 1.44 bits per heavy atom. The highest BCUT2D eigenvalue weighted by atomic mass is 16.1. The number of imidazole rings is 1. The molecule has 0 saturated carbocycles. The number of nitrogens with zero attached hydrogens (tertiary/aromatic N) is 4. The number of hydrogen-bond donors (Lipinski definition) is 2. The van der Waals surface area contributed by atoms with E-state index in [9.17, 15) is 9.59 Å². The summed E-state index contributed by atoms with van der Waals surface area (Å²) in [5.74, 6) is 1.04. The van der Waals surface area contributed by atoms with Gasteiger partial charge in [-0.1, -0.05) is 0 Å². The highest BCUT2D eigenvalue weighted by Crippen LogP contribution is 2.16. The second-order valence-electron chi connectivity index (χ2n) is 6.55. The molecule has 2 N–H and O–H groups in total. The van der Waals surface area contributed by atoms with Gasteiger partial charge in [-0.3, -0.25) is 14.7 Å². The molecular formula is C17H20N6O2. The summed E-state index contributed by atoms with van der Waals surface area (Å²) in [6.07, 6.45) is 5.75. The molecule has 0 bridgehead atoms. The van der Waals surface area contributed by atoms with Gasteiger partial charge in [0.1, 0.15) is 5.82 Å². The smallest absolute Gasteiger partial charge is 0.266 e. The van der Waals surface area contributed by atoms with E-state index in [1.165, 1.54) is 6.07 Å². The maximum Gasteiger partial charge on any atom is 0.266 e. The van der Waals surface area contributed by atoms with Crippen molar-refractivity contribution in [2.45, 2.75) is 45.7 Å². The number of fused-ring (bicyclic) bond motifs is 2. The molecule has 0 saturated heterocycles. The molecule has 1 amide bonds. The minimum atomic E-state index is -0.199. The van der Waals surface area contributed by atoms with Crippen LogP contribution in [-0.4, -0.2) is 36.1 Å². The highest BCUT2D eigenvalue weighted by Gasteiger charge is 2.21. The lowest BCUT2D eigenvalue weighted by Gasteiger charge is -2.25. The van der Waals surface area contributed by atoms with E-state index in [4.69, 9.17) is 0 Å². The first-order valence-corrected chi connectivity index (χ1v) is 8.38. The number of carbonyl (C=O) groups excluding carboxylic acids is 1. The molecule has 8 heteroatoms. The average Bonchev–Trinajstić information content (AvgIpc) is 3.17. The van der Waals surface area contributed by atoms with Crippen LogP contribution in [0.4, 0.5) is 0 Å². The van der Waals surface area contributed by atoms with E-state index in [1.807, 2.05) is 20.0 Å². The van der Waals surface area contributed by atoms with Crippen LogP contribution in [0.15, 0.2) is 23.3 Å². The number of H-pyrrole nitrogens is 1. The molecule has 0 aromatic carbocycles. The first kappa shape index (κ1) is 15.6. The van der Waals surface area contributed by atoms with Crippen LogP contribution < -0.4 is 10.9 Å². The third-order valence-electron chi connectivity index (χ3n) is 4.84. The zero-order valence-corrected chi connectivity index (χ0v) is 14.2. The van der Waals surface area contributed by atoms with Gasteiger partial charge in [0.25, 0.3) is 5.56 Å². The predicted octanol–water partition coefficient (Wildman–Crippen LogP) is 0.510. The standard InChI is InChI=1S/C17H20N6O2/c1-10-13(11(2)23-15(19-10)8-17(25)21-23)7-16(24)20-12-3-4-14-18-5-6-22(14)9-12/h5-6,8,12H,3-4,7,9H2,1-2H3,(H,20,24)(H,21,25)/t12-/m0/s1. The Bertz CT molecular complexity index is 1010. The summed E-state index contributed by atoms with van der Waals surface area (Å²) in [6.45, 7) is 4.51. The predicted molar refractivity (Wildman–Crippen MR) is 91.5 cm³/mol. The summed E-state index contributed by atoms with van der Waals surface area (Å²) in [5.41, 5.74) is 2.82. The van der Waals surface area contributed by atoms with Crippen LogP contribution in [-0.2, 0) is 24.2 Å². The van der Waals surface area contributed by atoms with Gasteiger partial charge in [0.05, 0.1) is 6.42 Å². The van der Waals surface area contributed by atoms with Gasteiger partial charge in [0.15, 0.2) is 5.65 Å². The lowest BCUT2D eigenvalue weighted by atomic mass is 10.1. The molecular weight excluding hydrogens is 320 g/mol. The monoisotopic (exact) mass is 340 g/mol. The van der Waals surface area contributed by atoms with Gasteiger partial charge in [0, 0.05) is 54.4 Å². The van der Waals surface area contributed by atoms with E-state index < -0.39 is 0 Å². The molecule has 0 unspecified atom stereocenters. The first-order valence-electron chi connectivity index (χ1n) is 8.38. The van der Waals surface area contributed by atoms with Gasteiger partial charge in [-0.25, -0.2) is 14.5 Å². The molecule has 1 atom stereocenters. The molecule has 0 aliphatic carbocycles. The molecule has 4 rings (SSSR count). The molecule has 3 aromatic heterocycles. The zero-order chi connectivity index (χ0) is 17.6. The fourth-order valence-electron chi connectivity index (χ4n) is 3.53. The number of aromatic nitrogens is 5. The molecule has 0 spiro atoms. The number of amides is 1. The van der Waals surface area contributed by atoms with Gasteiger partial charge in [-0.15, -0.1) is 0 Å². The number of rotatable bonds is 3. The van der Waals surface area contributed by atoms with Gasteiger partial charge in [-0.05, 0) is 20.3 Å². The van der Waals surface area contributed by atoms with Crippen molar-refractivity contribution < 1.29 is 4.79 Å². The molecule has 1 aliphatic heterocycles. The van der Waals surface area contributed by atoms with Crippen LogP contribution in [0.3, 0.4) is 0 Å². The molecule has 25 heavy (non-hydrogen) atoms. The van der Waals surface area contributed by atoms with Crippen LogP contribution in [0.1, 0.15) is 29.2 Å². The minimum Gasteiger partial charge on any atom is -0.351 e. The minimum absolute atomic E-state index is 0.0320. The molecule has 4 heterocycles. The Balaban J connectivity index is 1.51. The average molecular weight is 340 g/mol. The largest absolute Gasteiger partial charge is 0.351 e. The van der Waals surface area contributed by atoms with Crippen LogP contribution >= 0.6 is 0 Å². The van der Waals surface area contributed by atoms with E-state index in [-0.39, 0.29) is 23.9 Å². The second-order valence-corrected chi connectivity index (χ2v) is 6.55. The van der Waals surface area contributed by atoms with E-state index in [2.05, 4.69) is 25.0 Å². The van der Waals surface area contributed by atoms with Gasteiger partial charge >= 0.3 is 0 Å². The summed E-state index contributed by atoms with van der Waals surface area (Å²) in [7, 11) is 0. The quantitative estimate of drug-likeness (QED) is 0.726. The lowest BCUT2D eigenvalue weighted by Crippen LogP contribution is -2.41. The first-order chi connectivity index (χ1) is 12.0. The van der Waals surface area contributed by atoms with Crippen LogP contribution in [0.2, 0.25) is 0 Å². The SMILES string of the molecule is Cc1nc2cc(=O)[nH]n2c(C)c1CC(=O)N[C@H]1CCc2nccn2C1. The number of aryl methyl sites for hydroxylation is 3. The summed E-state index contributed by atoms with van der Waals surface area (Å²) in [6, 6.07) is 1.56. The van der Waals surface area contributed by atoms with E-state index in [0.29, 0.717) is 5.65 Å². The maximum absolute atomic E-state index is 12.5. The Kier molecular flexibility index (Phi) is 3.67. The van der Waals surface area contributed by atoms with E-state index >= 15 is 0 Å². The Hall–Kier alpha value is -2.90. The van der Waals surface area contributed by atoms with Crippen molar-refractivity contribution in [3.63, 3.8) is 0 Å². The van der Waals surface area contributed by atoms with Crippen molar-refractivity contribution in [2.24, 2.45) is 0 Å². The normalized spacial score (nSPS) is 16.8. The number of aromatic amines is 1. The molecule has 3 aromatic rings. The second kappa shape index (κ2) is 5.87. The number of nitrogens with one attached hydrogen (secondary N) is 2. The van der Waals surface area contributed by atoms with Gasteiger partial charge < -0.3 is 9.88 Å². The maximum atomic E-state index is 12.5. The van der Waals surface area contributed by atoms with Crippen LogP contribution in [0.5, 0.6) is 0 Å². The van der Waals surface area contributed by atoms with Crippen molar-refractivity contribution in [2.75, 3.05) is 0 Å². The summed E-state index contributed by atoms with van der Waals surface area (Å²) < 4.78 is 3.72. The highest BCUT2D eigenvalue weighted by molar-refractivity contribution is 5.79. The molecule has 0 fully saturated rings. The molecule has 8 nitrogen and oxygen atoms in total. The van der Waals surface area contributed by atoms with Gasteiger partial charge in [-0.2, -0.15) is 0 Å². The summed E-state index contributed by atoms with van der Waals surface area (Å²) in [5, 5.41) is 5.82.